The first-order valence-electron chi connectivity index (χ1n) is 10.8. The highest BCUT2D eigenvalue weighted by Crippen LogP contribution is 2.21. The number of hydrogen-bond donors (Lipinski definition) is 0. The van der Waals surface area contributed by atoms with Crippen LogP contribution >= 0.6 is 0 Å². The van der Waals surface area contributed by atoms with E-state index in [1.807, 2.05) is 60.3 Å². The van der Waals surface area contributed by atoms with Crippen molar-refractivity contribution in [1.82, 2.24) is 15.1 Å². The Morgan fingerprint density at radius 3 is 2.10 bits per heavy atom. The fraction of sp³-hybridized carbons (Fsp3) is 0.320. The van der Waals surface area contributed by atoms with Crippen LogP contribution in [-0.2, 0) is 6.42 Å². The van der Waals surface area contributed by atoms with Crippen LogP contribution in [0.2, 0.25) is 0 Å². The standard InChI is InChI=1S/C25H29N5O/c1-4-19-5-7-20(8-6-19)23-13-14-24(27-26-23)29-15-17-30(18-16-29)25(31)21-9-11-22(12-10-21)28(2)3/h5-14H,4,15-18H2,1-3H3. The summed E-state index contributed by atoms with van der Waals surface area (Å²) >= 11 is 0. The molecule has 31 heavy (non-hydrogen) atoms. The first-order chi connectivity index (χ1) is 15.0. The van der Waals surface area contributed by atoms with Crippen LogP contribution in [0.25, 0.3) is 11.3 Å². The molecule has 1 amide bonds. The number of rotatable bonds is 5. The number of benzene rings is 2. The number of aromatic nitrogens is 2. The molecule has 6 heteroatoms. The van der Waals surface area contributed by atoms with Gasteiger partial charge >= 0.3 is 0 Å². The molecule has 0 saturated carbocycles. The zero-order valence-electron chi connectivity index (χ0n) is 18.5. The van der Waals surface area contributed by atoms with Gasteiger partial charge in [-0.25, -0.2) is 0 Å². The smallest absolute Gasteiger partial charge is 0.253 e. The number of carbonyl (C=O) groups excluding carboxylic acids is 1. The van der Waals surface area contributed by atoms with E-state index in [0.717, 1.165) is 47.8 Å². The van der Waals surface area contributed by atoms with Gasteiger partial charge in [-0.15, -0.1) is 10.2 Å². The average Bonchev–Trinajstić information content (AvgIpc) is 2.84. The van der Waals surface area contributed by atoms with Crippen molar-refractivity contribution in [3.8, 4) is 11.3 Å². The zero-order chi connectivity index (χ0) is 21.8. The molecule has 0 N–H and O–H groups in total. The summed E-state index contributed by atoms with van der Waals surface area (Å²) in [5.41, 5.74) is 5.09. The lowest BCUT2D eigenvalue weighted by Crippen LogP contribution is -2.49. The van der Waals surface area contributed by atoms with Gasteiger partial charge in [-0.3, -0.25) is 4.79 Å². The van der Waals surface area contributed by atoms with E-state index in [1.165, 1.54) is 5.56 Å². The van der Waals surface area contributed by atoms with Gasteiger partial charge in [0.25, 0.3) is 5.91 Å². The lowest BCUT2D eigenvalue weighted by atomic mass is 10.1. The van der Waals surface area contributed by atoms with Crippen LogP contribution < -0.4 is 9.80 Å². The third-order valence-corrected chi connectivity index (χ3v) is 5.83. The number of piperazine rings is 1. The van der Waals surface area contributed by atoms with Gasteiger partial charge < -0.3 is 14.7 Å². The van der Waals surface area contributed by atoms with E-state index >= 15 is 0 Å². The Bertz CT molecular complexity index is 1010. The Morgan fingerprint density at radius 2 is 1.55 bits per heavy atom. The Balaban J connectivity index is 1.36. The summed E-state index contributed by atoms with van der Waals surface area (Å²) in [5.74, 6) is 0.943. The largest absolute Gasteiger partial charge is 0.378 e. The molecule has 1 fully saturated rings. The molecule has 0 radical (unpaired) electrons. The summed E-state index contributed by atoms with van der Waals surface area (Å²) in [6.07, 6.45) is 1.03. The van der Waals surface area contributed by atoms with E-state index in [9.17, 15) is 4.79 Å². The summed E-state index contributed by atoms with van der Waals surface area (Å²) < 4.78 is 0. The molecular weight excluding hydrogens is 386 g/mol. The molecule has 1 aliphatic heterocycles. The van der Waals surface area contributed by atoms with Crippen molar-refractivity contribution in [2.24, 2.45) is 0 Å². The van der Waals surface area contributed by atoms with Crippen LogP contribution in [-0.4, -0.2) is 61.3 Å². The van der Waals surface area contributed by atoms with Crippen LogP contribution in [0.15, 0.2) is 60.7 Å². The van der Waals surface area contributed by atoms with Crippen LogP contribution in [0.4, 0.5) is 11.5 Å². The average molecular weight is 416 g/mol. The number of carbonyl (C=O) groups is 1. The Hall–Kier alpha value is -3.41. The second kappa shape index (κ2) is 9.16. The van der Waals surface area contributed by atoms with Crippen molar-refractivity contribution < 1.29 is 4.79 Å². The molecule has 0 atom stereocenters. The highest BCUT2D eigenvalue weighted by molar-refractivity contribution is 5.94. The van der Waals surface area contributed by atoms with Crippen LogP contribution in [0.1, 0.15) is 22.8 Å². The van der Waals surface area contributed by atoms with E-state index in [0.29, 0.717) is 13.1 Å². The summed E-state index contributed by atoms with van der Waals surface area (Å²) in [7, 11) is 3.99. The SMILES string of the molecule is CCc1ccc(-c2ccc(N3CCN(C(=O)c4ccc(N(C)C)cc4)CC3)nn2)cc1. The van der Waals surface area contributed by atoms with Gasteiger partial charge in [-0.05, 0) is 48.4 Å². The second-order valence-electron chi connectivity index (χ2n) is 8.05. The van der Waals surface area contributed by atoms with Crippen molar-refractivity contribution in [3.05, 3.63) is 71.8 Å². The zero-order valence-corrected chi connectivity index (χ0v) is 18.5. The minimum absolute atomic E-state index is 0.0851. The first kappa shape index (κ1) is 20.8. The maximum absolute atomic E-state index is 12.8. The molecule has 6 nitrogen and oxygen atoms in total. The molecule has 0 bridgehead atoms. The topological polar surface area (TPSA) is 52.6 Å². The normalized spacial score (nSPS) is 13.9. The molecule has 2 heterocycles. The second-order valence-corrected chi connectivity index (χ2v) is 8.05. The number of nitrogens with zero attached hydrogens (tertiary/aromatic N) is 5. The third-order valence-electron chi connectivity index (χ3n) is 5.83. The monoisotopic (exact) mass is 415 g/mol. The van der Waals surface area contributed by atoms with Crippen LogP contribution in [0.5, 0.6) is 0 Å². The molecule has 3 aromatic rings. The predicted octanol–water partition coefficient (Wildman–Crippen LogP) is 3.73. The molecule has 160 valence electrons. The molecule has 0 aliphatic carbocycles. The van der Waals surface area contributed by atoms with Crippen molar-refractivity contribution in [2.75, 3.05) is 50.1 Å². The highest BCUT2D eigenvalue weighted by atomic mass is 16.2. The maximum atomic E-state index is 12.8. The number of hydrogen-bond acceptors (Lipinski definition) is 5. The van der Waals surface area contributed by atoms with Crippen LogP contribution in [0, 0.1) is 0 Å². The first-order valence-corrected chi connectivity index (χ1v) is 10.8. The molecule has 0 spiro atoms. The highest BCUT2D eigenvalue weighted by Gasteiger charge is 2.23. The van der Waals surface area contributed by atoms with Gasteiger partial charge in [0.15, 0.2) is 5.82 Å². The van der Waals surface area contributed by atoms with Gasteiger partial charge in [0, 0.05) is 57.1 Å². The van der Waals surface area contributed by atoms with Crippen molar-refractivity contribution in [1.29, 1.82) is 0 Å². The van der Waals surface area contributed by atoms with Gasteiger partial charge in [-0.2, -0.15) is 0 Å². The Kier molecular flexibility index (Phi) is 6.16. The molecule has 0 unspecified atom stereocenters. The van der Waals surface area contributed by atoms with Gasteiger partial charge in [0.2, 0.25) is 0 Å². The van der Waals surface area contributed by atoms with Gasteiger partial charge in [-0.1, -0.05) is 31.2 Å². The molecule has 2 aromatic carbocycles. The number of aryl methyl sites for hydroxylation is 1. The van der Waals surface area contributed by atoms with Gasteiger partial charge in [0.1, 0.15) is 0 Å². The number of amides is 1. The van der Waals surface area contributed by atoms with E-state index in [-0.39, 0.29) is 5.91 Å². The van der Waals surface area contributed by atoms with E-state index in [1.54, 1.807) is 0 Å². The Morgan fingerprint density at radius 1 is 0.871 bits per heavy atom. The number of anilines is 2. The van der Waals surface area contributed by atoms with E-state index in [4.69, 9.17) is 0 Å². The molecule has 1 aliphatic rings. The molecule has 1 aromatic heterocycles. The summed E-state index contributed by atoms with van der Waals surface area (Å²) in [6.45, 7) is 5.01. The summed E-state index contributed by atoms with van der Waals surface area (Å²) in [6, 6.07) is 20.3. The van der Waals surface area contributed by atoms with E-state index in [2.05, 4.69) is 46.3 Å². The Labute approximate surface area is 184 Å². The minimum atomic E-state index is 0.0851. The maximum Gasteiger partial charge on any atom is 0.253 e. The van der Waals surface area contributed by atoms with Crippen LogP contribution in [0.3, 0.4) is 0 Å². The predicted molar refractivity (Wildman–Crippen MR) is 126 cm³/mol. The quantitative estimate of drug-likeness (QED) is 0.636. The minimum Gasteiger partial charge on any atom is -0.378 e. The molecule has 4 rings (SSSR count). The summed E-state index contributed by atoms with van der Waals surface area (Å²) in [5, 5.41) is 8.87. The molecule has 1 saturated heterocycles. The fourth-order valence-electron chi connectivity index (χ4n) is 3.78. The van der Waals surface area contributed by atoms with Gasteiger partial charge in [0.05, 0.1) is 5.69 Å². The lowest BCUT2D eigenvalue weighted by molar-refractivity contribution is 0.0746. The van der Waals surface area contributed by atoms with Crippen molar-refractivity contribution in [3.63, 3.8) is 0 Å². The summed E-state index contributed by atoms with van der Waals surface area (Å²) in [4.78, 5) is 19.0. The van der Waals surface area contributed by atoms with E-state index < -0.39 is 0 Å². The lowest BCUT2D eigenvalue weighted by Gasteiger charge is -2.35. The third kappa shape index (κ3) is 4.68. The van der Waals surface area contributed by atoms with Crippen molar-refractivity contribution >= 4 is 17.4 Å². The molecular formula is C25H29N5O. The fourth-order valence-corrected chi connectivity index (χ4v) is 3.78. The van der Waals surface area contributed by atoms with Crippen molar-refractivity contribution in [2.45, 2.75) is 13.3 Å².